The molecule has 0 unspecified atom stereocenters. The van der Waals surface area contributed by atoms with Crippen LogP contribution in [0.5, 0.6) is 0 Å². The molecule has 1 aromatic carbocycles. The van der Waals surface area contributed by atoms with E-state index in [9.17, 15) is 18.0 Å². The van der Waals surface area contributed by atoms with Gasteiger partial charge in [-0.05, 0) is 30.3 Å². The summed E-state index contributed by atoms with van der Waals surface area (Å²) in [6, 6.07) is 11.3. The minimum Gasteiger partial charge on any atom is -0.332 e. The highest BCUT2D eigenvalue weighted by Crippen LogP contribution is 2.34. The predicted molar refractivity (Wildman–Crippen MR) is 93.7 cm³/mol. The molecule has 0 aliphatic heterocycles. The molecule has 3 aromatic rings. The van der Waals surface area contributed by atoms with Gasteiger partial charge in [0.25, 0.3) is 0 Å². The molecule has 6 nitrogen and oxygen atoms in total. The smallest absolute Gasteiger partial charge is 0.332 e. The van der Waals surface area contributed by atoms with Crippen LogP contribution in [0.3, 0.4) is 0 Å². The molecule has 0 aliphatic carbocycles. The second-order valence-electron chi connectivity index (χ2n) is 5.71. The molecule has 0 aliphatic rings. The largest absolute Gasteiger partial charge is 0.418 e. The third-order valence-corrected chi connectivity index (χ3v) is 3.77. The van der Waals surface area contributed by atoms with Crippen molar-refractivity contribution >= 4 is 11.7 Å². The lowest BCUT2D eigenvalue weighted by atomic mass is 10.1. The van der Waals surface area contributed by atoms with Crippen LogP contribution in [-0.2, 0) is 19.8 Å². The Morgan fingerprint density at radius 2 is 1.89 bits per heavy atom. The highest BCUT2D eigenvalue weighted by Gasteiger charge is 2.33. The molecule has 3 rings (SSSR count). The second-order valence-corrected chi connectivity index (χ2v) is 5.71. The molecule has 0 radical (unpaired) electrons. The minimum atomic E-state index is -4.55. The number of hydrogen-bond acceptors (Lipinski definition) is 3. The third kappa shape index (κ3) is 4.43. The molecule has 2 heterocycles. The van der Waals surface area contributed by atoms with Crippen LogP contribution >= 0.6 is 0 Å². The Kier molecular flexibility index (Phi) is 5.11. The van der Waals surface area contributed by atoms with Crippen molar-refractivity contribution in [2.45, 2.75) is 12.7 Å². The standard InChI is InChI=1S/C18H16F3N5O/c1-26-16(15-8-4-5-9-22-15)10-12(25-26)11-23-17(27)24-14-7-3-2-6-13(14)18(19,20)21/h2-10H,11H2,1H3,(H2,23,24,27). The number of rotatable bonds is 4. The number of urea groups is 1. The highest BCUT2D eigenvalue weighted by atomic mass is 19.4. The van der Waals surface area contributed by atoms with Crippen molar-refractivity contribution in [3.8, 4) is 11.4 Å². The first-order valence-corrected chi connectivity index (χ1v) is 8.00. The fourth-order valence-electron chi connectivity index (χ4n) is 2.54. The van der Waals surface area contributed by atoms with Crippen LogP contribution in [0.4, 0.5) is 23.7 Å². The average Bonchev–Trinajstić information content (AvgIpc) is 3.01. The molecule has 2 N–H and O–H groups in total. The van der Waals surface area contributed by atoms with Crippen LogP contribution < -0.4 is 10.6 Å². The molecule has 27 heavy (non-hydrogen) atoms. The molecule has 0 bridgehead atoms. The van der Waals surface area contributed by atoms with Gasteiger partial charge in [-0.25, -0.2) is 4.79 Å². The number of carbonyl (C=O) groups is 1. The van der Waals surface area contributed by atoms with E-state index in [2.05, 4.69) is 20.7 Å². The summed E-state index contributed by atoms with van der Waals surface area (Å²) in [6.07, 6.45) is -2.89. The number of amides is 2. The van der Waals surface area contributed by atoms with E-state index in [1.807, 2.05) is 12.1 Å². The molecule has 2 aromatic heterocycles. The van der Waals surface area contributed by atoms with Gasteiger partial charge in [0.2, 0.25) is 0 Å². The normalized spacial score (nSPS) is 11.3. The number of hydrogen-bond donors (Lipinski definition) is 2. The molecular formula is C18H16F3N5O. The summed E-state index contributed by atoms with van der Waals surface area (Å²) in [6.45, 7) is 0.0562. The number of pyridine rings is 1. The summed E-state index contributed by atoms with van der Waals surface area (Å²) in [5.74, 6) is 0. The first-order chi connectivity index (χ1) is 12.8. The zero-order chi connectivity index (χ0) is 19.4. The van der Waals surface area contributed by atoms with Crippen LogP contribution in [0.15, 0.2) is 54.7 Å². The molecule has 0 spiro atoms. The maximum absolute atomic E-state index is 13.0. The Bertz CT molecular complexity index is 938. The van der Waals surface area contributed by atoms with Gasteiger partial charge in [-0.3, -0.25) is 9.67 Å². The maximum atomic E-state index is 13.0. The third-order valence-electron chi connectivity index (χ3n) is 3.77. The van der Waals surface area contributed by atoms with E-state index in [1.54, 1.807) is 30.1 Å². The van der Waals surface area contributed by atoms with Crippen LogP contribution in [0.1, 0.15) is 11.3 Å². The number of halogens is 3. The zero-order valence-electron chi connectivity index (χ0n) is 14.3. The fraction of sp³-hybridized carbons (Fsp3) is 0.167. The van der Waals surface area contributed by atoms with Gasteiger partial charge < -0.3 is 10.6 Å². The Morgan fingerprint density at radius 1 is 1.15 bits per heavy atom. The van der Waals surface area contributed by atoms with E-state index in [-0.39, 0.29) is 12.2 Å². The topological polar surface area (TPSA) is 71.8 Å². The predicted octanol–water partition coefficient (Wildman–Crippen LogP) is 3.82. The first kappa shape index (κ1) is 18.4. The Labute approximate surface area is 153 Å². The summed E-state index contributed by atoms with van der Waals surface area (Å²) in [5.41, 5.74) is 0.822. The van der Waals surface area contributed by atoms with Crippen molar-refractivity contribution in [1.82, 2.24) is 20.1 Å². The van der Waals surface area contributed by atoms with E-state index in [1.165, 1.54) is 18.2 Å². The lowest BCUT2D eigenvalue weighted by molar-refractivity contribution is -0.136. The van der Waals surface area contributed by atoms with Crippen LogP contribution in [0.2, 0.25) is 0 Å². The van der Waals surface area contributed by atoms with E-state index in [0.717, 1.165) is 17.5 Å². The van der Waals surface area contributed by atoms with Gasteiger partial charge in [0.1, 0.15) is 0 Å². The summed E-state index contributed by atoms with van der Waals surface area (Å²) in [7, 11) is 1.74. The Balaban J connectivity index is 1.66. The van der Waals surface area contributed by atoms with Gasteiger partial charge in [-0.1, -0.05) is 18.2 Å². The maximum Gasteiger partial charge on any atom is 0.418 e. The molecule has 9 heteroatoms. The number of aromatic nitrogens is 3. The number of nitrogens with zero attached hydrogens (tertiary/aromatic N) is 3. The number of alkyl halides is 3. The highest BCUT2D eigenvalue weighted by molar-refractivity contribution is 5.90. The first-order valence-electron chi connectivity index (χ1n) is 8.00. The van der Waals surface area contributed by atoms with Crippen LogP contribution in [0, 0.1) is 0 Å². The quantitative estimate of drug-likeness (QED) is 0.728. The van der Waals surface area contributed by atoms with E-state index < -0.39 is 17.8 Å². The van der Waals surface area contributed by atoms with Crippen LogP contribution in [-0.4, -0.2) is 20.8 Å². The number of anilines is 1. The van der Waals surface area contributed by atoms with Gasteiger partial charge in [0, 0.05) is 13.2 Å². The zero-order valence-corrected chi connectivity index (χ0v) is 14.3. The van der Waals surface area contributed by atoms with Crippen molar-refractivity contribution in [2.24, 2.45) is 7.05 Å². The van der Waals surface area contributed by atoms with E-state index in [0.29, 0.717) is 5.69 Å². The second kappa shape index (κ2) is 7.48. The molecule has 140 valence electrons. The molecule has 0 fully saturated rings. The molecular weight excluding hydrogens is 359 g/mol. The van der Waals surface area contributed by atoms with E-state index >= 15 is 0 Å². The molecule has 2 amide bonds. The summed E-state index contributed by atoms with van der Waals surface area (Å²) in [4.78, 5) is 16.2. The average molecular weight is 375 g/mol. The van der Waals surface area contributed by atoms with Gasteiger partial charge in [0.15, 0.2) is 0 Å². The summed E-state index contributed by atoms with van der Waals surface area (Å²) >= 11 is 0. The monoisotopic (exact) mass is 375 g/mol. The van der Waals surface area contributed by atoms with Gasteiger partial charge in [-0.2, -0.15) is 18.3 Å². The molecule has 0 saturated carbocycles. The number of nitrogens with one attached hydrogen (secondary N) is 2. The van der Waals surface area contributed by atoms with Crippen molar-refractivity contribution < 1.29 is 18.0 Å². The van der Waals surface area contributed by atoms with Crippen molar-refractivity contribution in [3.05, 3.63) is 66.0 Å². The number of carbonyl (C=O) groups excluding carboxylic acids is 1. The van der Waals surface area contributed by atoms with Crippen LogP contribution in [0.25, 0.3) is 11.4 Å². The molecule has 0 atom stereocenters. The lowest BCUT2D eigenvalue weighted by Gasteiger charge is -2.13. The Hall–Kier alpha value is -3.36. The lowest BCUT2D eigenvalue weighted by Crippen LogP contribution is -2.29. The van der Waals surface area contributed by atoms with E-state index in [4.69, 9.17) is 0 Å². The SMILES string of the molecule is Cn1nc(CNC(=O)Nc2ccccc2C(F)(F)F)cc1-c1ccccn1. The van der Waals surface area contributed by atoms with Crippen molar-refractivity contribution in [3.63, 3.8) is 0 Å². The number of aryl methyl sites for hydroxylation is 1. The number of benzene rings is 1. The minimum absolute atomic E-state index is 0.0562. The summed E-state index contributed by atoms with van der Waals surface area (Å²) in [5, 5.41) is 9.00. The fourth-order valence-corrected chi connectivity index (χ4v) is 2.54. The van der Waals surface area contributed by atoms with Gasteiger partial charge in [-0.15, -0.1) is 0 Å². The molecule has 0 saturated heterocycles. The van der Waals surface area contributed by atoms with Crippen molar-refractivity contribution in [2.75, 3.05) is 5.32 Å². The van der Waals surface area contributed by atoms with Gasteiger partial charge in [0.05, 0.1) is 34.9 Å². The Morgan fingerprint density at radius 3 is 2.59 bits per heavy atom. The van der Waals surface area contributed by atoms with Gasteiger partial charge >= 0.3 is 12.2 Å². The number of para-hydroxylation sites is 1. The summed E-state index contributed by atoms with van der Waals surface area (Å²) < 4.78 is 40.5. The van der Waals surface area contributed by atoms with Crippen molar-refractivity contribution in [1.29, 1.82) is 0 Å².